The van der Waals surface area contributed by atoms with Crippen LogP contribution in [0, 0.1) is 0 Å². The molecule has 0 radical (unpaired) electrons. The quantitative estimate of drug-likeness (QED) is 0.783. The van der Waals surface area contributed by atoms with Crippen molar-refractivity contribution < 1.29 is 9.53 Å². The van der Waals surface area contributed by atoms with Gasteiger partial charge >= 0.3 is 0 Å². The van der Waals surface area contributed by atoms with E-state index in [1.54, 1.807) is 24.4 Å². The summed E-state index contributed by atoms with van der Waals surface area (Å²) in [6.07, 6.45) is 3.59. The van der Waals surface area contributed by atoms with E-state index in [2.05, 4.69) is 10.3 Å². The predicted molar refractivity (Wildman–Crippen MR) is 88.2 cm³/mol. The smallest absolute Gasteiger partial charge is 0.270 e. The molecule has 0 fully saturated rings. The largest absolute Gasteiger partial charge is 0.493 e. The third kappa shape index (κ3) is 2.42. The topological polar surface area (TPSA) is 72.7 Å². The number of pyridine rings is 1. The number of ether oxygens (including phenoxy) is 1. The zero-order valence-electron chi connectivity index (χ0n) is 12.8. The van der Waals surface area contributed by atoms with Crippen LogP contribution in [0.4, 0.5) is 0 Å². The van der Waals surface area contributed by atoms with E-state index in [4.69, 9.17) is 4.74 Å². The molecule has 6 heteroatoms. The molecule has 3 heterocycles. The van der Waals surface area contributed by atoms with Gasteiger partial charge in [0.2, 0.25) is 0 Å². The maximum atomic E-state index is 12.6. The van der Waals surface area contributed by atoms with Crippen LogP contribution in [0.1, 0.15) is 28.4 Å². The number of hydrogen-bond donors (Lipinski definition) is 1. The Labute approximate surface area is 137 Å². The highest BCUT2D eigenvalue weighted by atomic mass is 16.5. The molecule has 1 N–H and O–H groups in total. The third-order valence-corrected chi connectivity index (χ3v) is 4.12. The van der Waals surface area contributed by atoms with E-state index in [0.29, 0.717) is 18.7 Å². The van der Waals surface area contributed by atoms with Gasteiger partial charge in [-0.15, -0.1) is 0 Å². The number of benzene rings is 1. The second-order valence-electron chi connectivity index (χ2n) is 5.61. The molecule has 1 aliphatic rings. The molecular weight excluding hydrogens is 306 g/mol. The lowest BCUT2D eigenvalue weighted by molar-refractivity contribution is 0.0922. The number of carbonyl (C=O) groups excluding carboxylic acids is 1. The number of nitrogens with zero attached hydrogens (tertiary/aromatic N) is 2. The molecule has 1 atom stereocenters. The van der Waals surface area contributed by atoms with Crippen molar-refractivity contribution in [3.05, 3.63) is 76.3 Å². The number of amides is 1. The van der Waals surface area contributed by atoms with E-state index in [-0.39, 0.29) is 17.2 Å². The van der Waals surface area contributed by atoms with Crippen molar-refractivity contribution >= 4 is 11.6 Å². The monoisotopic (exact) mass is 321 g/mol. The molecular formula is C18H15N3O3. The third-order valence-electron chi connectivity index (χ3n) is 4.12. The molecule has 6 nitrogen and oxygen atoms in total. The van der Waals surface area contributed by atoms with Gasteiger partial charge < -0.3 is 10.1 Å². The molecule has 0 saturated heterocycles. The van der Waals surface area contributed by atoms with E-state index in [1.807, 2.05) is 24.3 Å². The highest BCUT2D eigenvalue weighted by molar-refractivity contribution is 5.94. The lowest BCUT2D eigenvalue weighted by Gasteiger charge is -2.26. The van der Waals surface area contributed by atoms with Gasteiger partial charge in [-0.2, -0.15) is 0 Å². The molecule has 1 aliphatic heterocycles. The average Bonchev–Trinajstić information content (AvgIpc) is 2.62. The zero-order valence-corrected chi connectivity index (χ0v) is 12.8. The minimum Gasteiger partial charge on any atom is -0.493 e. The molecule has 0 unspecified atom stereocenters. The van der Waals surface area contributed by atoms with Crippen LogP contribution in [-0.2, 0) is 0 Å². The summed E-state index contributed by atoms with van der Waals surface area (Å²) in [5.74, 6) is 0.342. The van der Waals surface area contributed by atoms with Gasteiger partial charge in [0.1, 0.15) is 17.0 Å². The molecule has 3 aromatic rings. The summed E-state index contributed by atoms with van der Waals surface area (Å²) in [6, 6.07) is 12.6. The van der Waals surface area contributed by atoms with Crippen molar-refractivity contribution in [3.63, 3.8) is 0 Å². The van der Waals surface area contributed by atoms with Crippen LogP contribution in [0.25, 0.3) is 5.65 Å². The summed E-state index contributed by atoms with van der Waals surface area (Å²) in [5.41, 5.74) is 1.09. The van der Waals surface area contributed by atoms with Crippen molar-refractivity contribution in [2.24, 2.45) is 0 Å². The molecule has 0 saturated carbocycles. The first kappa shape index (κ1) is 14.4. The summed E-state index contributed by atoms with van der Waals surface area (Å²) in [4.78, 5) is 29.3. The number of carbonyl (C=O) groups is 1. The Hall–Kier alpha value is -3.15. The lowest BCUT2D eigenvalue weighted by atomic mass is 10.0. The van der Waals surface area contributed by atoms with Crippen molar-refractivity contribution in [1.82, 2.24) is 14.7 Å². The average molecular weight is 321 g/mol. The number of rotatable bonds is 2. The zero-order chi connectivity index (χ0) is 16.5. The normalized spacial score (nSPS) is 16.2. The van der Waals surface area contributed by atoms with Crippen molar-refractivity contribution in [1.29, 1.82) is 0 Å². The van der Waals surface area contributed by atoms with Crippen LogP contribution in [0.5, 0.6) is 5.75 Å². The Morgan fingerprint density at radius 2 is 2.04 bits per heavy atom. The van der Waals surface area contributed by atoms with Gasteiger partial charge in [0.15, 0.2) is 0 Å². The number of hydrogen-bond acceptors (Lipinski definition) is 4. The highest BCUT2D eigenvalue weighted by Crippen LogP contribution is 2.31. The fraction of sp³-hybridized carbons (Fsp3) is 0.167. The number of aromatic nitrogens is 2. The van der Waals surface area contributed by atoms with Crippen LogP contribution in [0.2, 0.25) is 0 Å². The first-order valence-corrected chi connectivity index (χ1v) is 7.73. The van der Waals surface area contributed by atoms with Crippen LogP contribution in [-0.4, -0.2) is 21.9 Å². The summed E-state index contributed by atoms with van der Waals surface area (Å²) in [7, 11) is 0. The number of para-hydroxylation sites is 1. The molecule has 0 spiro atoms. The van der Waals surface area contributed by atoms with Crippen molar-refractivity contribution in [3.8, 4) is 5.75 Å². The number of nitrogens with one attached hydrogen (secondary N) is 1. The first-order valence-electron chi connectivity index (χ1n) is 7.73. The van der Waals surface area contributed by atoms with Crippen molar-refractivity contribution in [2.75, 3.05) is 6.61 Å². The van der Waals surface area contributed by atoms with Gasteiger partial charge in [-0.05, 0) is 18.2 Å². The molecule has 0 bridgehead atoms. The lowest BCUT2D eigenvalue weighted by Crippen LogP contribution is -2.36. The van der Waals surface area contributed by atoms with Crippen LogP contribution < -0.4 is 15.6 Å². The van der Waals surface area contributed by atoms with Gasteiger partial charge in [0, 0.05) is 24.4 Å². The van der Waals surface area contributed by atoms with E-state index in [1.165, 1.54) is 10.6 Å². The maximum absolute atomic E-state index is 12.6. The first-order chi connectivity index (χ1) is 11.7. The summed E-state index contributed by atoms with van der Waals surface area (Å²) < 4.78 is 6.96. The van der Waals surface area contributed by atoms with E-state index >= 15 is 0 Å². The predicted octanol–water partition coefficient (Wildman–Crippen LogP) is 1.95. The Morgan fingerprint density at radius 3 is 2.96 bits per heavy atom. The Kier molecular flexibility index (Phi) is 3.49. The summed E-state index contributed by atoms with van der Waals surface area (Å²) in [5, 5.41) is 2.92. The molecule has 1 amide bonds. The van der Waals surface area contributed by atoms with Gasteiger partial charge in [-0.25, -0.2) is 4.98 Å². The maximum Gasteiger partial charge on any atom is 0.270 e. The second kappa shape index (κ2) is 5.81. The minimum absolute atomic E-state index is 0.0303. The van der Waals surface area contributed by atoms with Crippen LogP contribution >= 0.6 is 0 Å². The van der Waals surface area contributed by atoms with E-state index in [0.717, 1.165) is 11.3 Å². The van der Waals surface area contributed by atoms with Crippen LogP contribution in [0.15, 0.2) is 59.7 Å². The minimum atomic E-state index is -0.424. The van der Waals surface area contributed by atoms with Gasteiger partial charge in [0.25, 0.3) is 11.5 Å². The molecule has 2 aromatic heterocycles. The standard InChI is InChI=1S/C18H15N3O3/c22-17(13-11-19-16-7-3-4-9-21(16)18(13)23)20-14-8-10-24-15-6-2-1-5-12(14)15/h1-7,9,11,14H,8,10H2,(H,20,22)/t14-/m0/s1. The molecule has 0 aliphatic carbocycles. The SMILES string of the molecule is O=C(N[C@H]1CCOc2ccccc21)c1cnc2ccccn2c1=O. The molecule has 120 valence electrons. The van der Waals surface area contributed by atoms with Crippen molar-refractivity contribution in [2.45, 2.75) is 12.5 Å². The Bertz CT molecular complexity index is 980. The Balaban J connectivity index is 1.66. The van der Waals surface area contributed by atoms with E-state index in [9.17, 15) is 9.59 Å². The molecule has 4 rings (SSSR count). The second-order valence-corrected chi connectivity index (χ2v) is 5.61. The fourth-order valence-electron chi connectivity index (χ4n) is 2.91. The number of fused-ring (bicyclic) bond motifs is 2. The Morgan fingerprint density at radius 1 is 1.21 bits per heavy atom. The molecule has 1 aromatic carbocycles. The summed E-state index contributed by atoms with van der Waals surface area (Å²) >= 11 is 0. The van der Waals surface area contributed by atoms with E-state index < -0.39 is 5.91 Å². The van der Waals surface area contributed by atoms with Gasteiger partial charge in [-0.3, -0.25) is 14.0 Å². The van der Waals surface area contributed by atoms with Gasteiger partial charge in [0.05, 0.1) is 12.6 Å². The summed E-state index contributed by atoms with van der Waals surface area (Å²) in [6.45, 7) is 0.525. The van der Waals surface area contributed by atoms with Crippen LogP contribution in [0.3, 0.4) is 0 Å². The molecule has 24 heavy (non-hydrogen) atoms. The fourth-order valence-corrected chi connectivity index (χ4v) is 2.91. The van der Waals surface area contributed by atoms with Gasteiger partial charge in [-0.1, -0.05) is 24.3 Å². The highest BCUT2D eigenvalue weighted by Gasteiger charge is 2.24.